The molecule has 0 radical (unpaired) electrons. The standard InChI is InChI=1S/C15H25N3O3/c1-5-10-16-12-8-7-9-13(14(12)18(20)21)17(6-2)11-15(3,4)19/h7-9,16,19H,5-6,10-11H2,1-4H3. The summed E-state index contributed by atoms with van der Waals surface area (Å²) in [6.07, 6.45) is 0.891. The SMILES string of the molecule is CCCNc1cccc(N(CC)CC(C)(C)O)c1[N+](=O)[O-]. The maximum absolute atomic E-state index is 11.5. The largest absolute Gasteiger partial charge is 0.389 e. The van der Waals surface area contributed by atoms with E-state index >= 15 is 0 Å². The predicted octanol–water partition coefficient (Wildman–Crippen LogP) is 3.01. The van der Waals surface area contributed by atoms with Gasteiger partial charge in [0.1, 0.15) is 11.4 Å². The second-order valence-electron chi connectivity index (χ2n) is 5.68. The number of para-hydroxylation sites is 1. The van der Waals surface area contributed by atoms with E-state index in [4.69, 9.17) is 0 Å². The van der Waals surface area contributed by atoms with Crippen molar-refractivity contribution in [2.24, 2.45) is 0 Å². The van der Waals surface area contributed by atoms with Gasteiger partial charge in [-0.3, -0.25) is 10.1 Å². The van der Waals surface area contributed by atoms with Crippen LogP contribution >= 0.6 is 0 Å². The lowest BCUT2D eigenvalue weighted by Gasteiger charge is -2.30. The molecule has 21 heavy (non-hydrogen) atoms. The smallest absolute Gasteiger partial charge is 0.315 e. The Labute approximate surface area is 125 Å². The Hall–Kier alpha value is -1.82. The summed E-state index contributed by atoms with van der Waals surface area (Å²) >= 11 is 0. The number of aliphatic hydroxyl groups is 1. The molecular formula is C15H25N3O3. The van der Waals surface area contributed by atoms with Crippen molar-refractivity contribution >= 4 is 17.1 Å². The first-order valence-electron chi connectivity index (χ1n) is 7.28. The fraction of sp³-hybridized carbons (Fsp3) is 0.600. The van der Waals surface area contributed by atoms with Gasteiger partial charge in [-0.15, -0.1) is 0 Å². The normalized spacial score (nSPS) is 11.3. The Bertz CT molecular complexity index is 484. The van der Waals surface area contributed by atoms with E-state index in [2.05, 4.69) is 5.32 Å². The number of rotatable bonds is 8. The number of nitro groups is 1. The van der Waals surface area contributed by atoms with Gasteiger partial charge in [0, 0.05) is 19.6 Å². The Balaban J connectivity index is 3.23. The average Bonchev–Trinajstić information content (AvgIpc) is 2.40. The molecule has 1 rings (SSSR count). The molecule has 0 unspecified atom stereocenters. The molecule has 6 nitrogen and oxygen atoms in total. The first kappa shape index (κ1) is 17.2. The molecule has 0 saturated carbocycles. The van der Waals surface area contributed by atoms with E-state index in [0.29, 0.717) is 31.0 Å². The van der Waals surface area contributed by atoms with Crippen LogP contribution in [0, 0.1) is 10.1 Å². The maximum Gasteiger partial charge on any atom is 0.315 e. The summed E-state index contributed by atoms with van der Waals surface area (Å²) in [5.41, 5.74) is 0.202. The summed E-state index contributed by atoms with van der Waals surface area (Å²) in [5, 5.41) is 24.6. The number of hydrogen-bond acceptors (Lipinski definition) is 5. The van der Waals surface area contributed by atoms with Crippen molar-refractivity contribution in [1.82, 2.24) is 0 Å². The first-order chi connectivity index (χ1) is 9.80. The van der Waals surface area contributed by atoms with Gasteiger partial charge in [-0.05, 0) is 39.3 Å². The number of anilines is 2. The molecule has 1 aromatic carbocycles. The van der Waals surface area contributed by atoms with Gasteiger partial charge in [-0.1, -0.05) is 13.0 Å². The third kappa shape index (κ3) is 4.90. The number of nitrogens with one attached hydrogen (secondary N) is 1. The van der Waals surface area contributed by atoms with Gasteiger partial charge in [0.25, 0.3) is 0 Å². The molecule has 0 atom stereocenters. The molecule has 0 fully saturated rings. The topological polar surface area (TPSA) is 78.6 Å². The molecule has 0 heterocycles. The molecule has 118 valence electrons. The number of nitrogens with zero attached hydrogens (tertiary/aromatic N) is 2. The van der Waals surface area contributed by atoms with Gasteiger partial charge in [0.2, 0.25) is 0 Å². The molecule has 0 aliphatic rings. The summed E-state index contributed by atoms with van der Waals surface area (Å²) in [5.74, 6) is 0. The van der Waals surface area contributed by atoms with E-state index in [9.17, 15) is 15.2 Å². The Morgan fingerprint density at radius 1 is 1.38 bits per heavy atom. The number of benzene rings is 1. The minimum atomic E-state index is -0.920. The molecule has 1 aromatic rings. The summed E-state index contributed by atoms with van der Waals surface area (Å²) in [6.45, 7) is 8.92. The molecule has 0 bridgehead atoms. The molecule has 2 N–H and O–H groups in total. The summed E-state index contributed by atoms with van der Waals surface area (Å²) < 4.78 is 0. The second-order valence-corrected chi connectivity index (χ2v) is 5.68. The van der Waals surface area contributed by atoms with Gasteiger partial charge >= 0.3 is 5.69 Å². The Kier molecular flexibility index (Phi) is 5.96. The number of likely N-dealkylation sites (N-methyl/N-ethyl adjacent to an activating group) is 1. The molecule has 0 spiro atoms. The van der Waals surface area contributed by atoms with Crippen LogP contribution in [-0.2, 0) is 0 Å². The lowest BCUT2D eigenvalue weighted by Crippen LogP contribution is -2.39. The number of nitro benzene ring substituents is 1. The Morgan fingerprint density at radius 2 is 2.05 bits per heavy atom. The van der Waals surface area contributed by atoms with Gasteiger partial charge in [-0.2, -0.15) is 0 Å². The maximum atomic E-state index is 11.5. The van der Waals surface area contributed by atoms with Crippen molar-refractivity contribution in [2.45, 2.75) is 39.7 Å². The van der Waals surface area contributed by atoms with E-state index in [0.717, 1.165) is 6.42 Å². The van der Waals surface area contributed by atoms with Crippen LogP contribution in [0.15, 0.2) is 18.2 Å². The zero-order chi connectivity index (χ0) is 16.0. The summed E-state index contributed by atoms with van der Waals surface area (Å²) in [6, 6.07) is 5.24. The molecular weight excluding hydrogens is 270 g/mol. The van der Waals surface area contributed by atoms with Crippen LogP contribution in [0.3, 0.4) is 0 Å². The van der Waals surface area contributed by atoms with Crippen molar-refractivity contribution in [3.63, 3.8) is 0 Å². The zero-order valence-electron chi connectivity index (χ0n) is 13.2. The van der Waals surface area contributed by atoms with Crippen molar-refractivity contribution in [2.75, 3.05) is 29.9 Å². The summed E-state index contributed by atoms with van der Waals surface area (Å²) in [4.78, 5) is 12.9. The second kappa shape index (κ2) is 7.26. The van der Waals surface area contributed by atoms with Crippen LogP contribution in [-0.4, -0.2) is 35.3 Å². The molecule has 0 aromatic heterocycles. The monoisotopic (exact) mass is 295 g/mol. The first-order valence-corrected chi connectivity index (χ1v) is 7.28. The molecule has 0 amide bonds. The van der Waals surface area contributed by atoms with E-state index in [1.165, 1.54) is 0 Å². The predicted molar refractivity (Wildman–Crippen MR) is 86.1 cm³/mol. The third-order valence-corrected chi connectivity index (χ3v) is 3.06. The van der Waals surface area contributed by atoms with Crippen LogP contribution < -0.4 is 10.2 Å². The highest BCUT2D eigenvalue weighted by atomic mass is 16.6. The minimum absolute atomic E-state index is 0.0667. The zero-order valence-corrected chi connectivity index (χ0v) is 13.2. The van der Waals surface area contributed by atoms with Crippen molar-refractivity contribution in [3.05, 3.63) is 28.3 Å². The Morgan fingerprint density at radius 3 is 2.52 bits per heavy atom. The van der Waals surface area contributed by atoms with Crippen molar-refractivity contribution in [3.8, 4) is 0 Å². The highest BCUT2D eigenvalue weighted by Crippen LogP contribution is 2.36. The highest BCUT2D eigenvalue weighted by Gasteiger charge is 2.26. The molecule has 0 aliphatic carbocycles. The van der Waals surface area contributed by atoms with Gasteiger partial charge in [0.15, 0.2) is 0 Å². The van der Waals surface area contributed by atoms with E-state index < -0.39 is 5.60 Å². The van der Waals surface area contributed by atoms with Gasteiger partial charge in [0.05, 0.1) is 10.5 Å². The quantitative estimate of drug-likeness (QED) is 0.569. The summed E-state index contributed by atoms with van der Waals surface area (Å²) in [7, 11) is 0. The lowest BCUT2D eigenvalue weighted by molar-refractivity contribution is -0.383. The van der Waals surface area contributed by atoms with E-state index in [1.807, 2.05) is 18.7 Å². The van der Waals surface area contributed by atoms with Gasteiger partial charge < -0.3 is 15.3 Å². The minimum Gasteiger partial charge on any atom is -0.389 e. The number of hydrogen-bond donors (Lipinski definition) is 2. The fourth-order valence-corrected chi connectivity index (χ4v) is 2.22. The van der Waals surface area contributed by atoms with Crippen LogP contribution in [0.1, 0.15) is 34.1 Å². The molecule has 0 aliphatic heterocycles. The molecule has 6 heteroatoms. The lowest BCUT2D eigenvalue weighted by atomic mass is 10.1. The van der Waals surface area contributed by atoms with Crippen LogP contribution in [0.5, 0.6) is 0 Å². The average molecular weight is 295 g/mol. The highest BCUT2D eigenvalue weighted by molar-refractivity contribution is 5.77. The fourth-order valence-electron chi connectivity index (χ4n) is 2.22. The van der Waals surface area contributed by atoms with Crippen LogP contribution in [0.2, 0.25) is 0 Å². The van der Waals surface area contributed by atoms with Crippen LogP contribution in [0.25, 0.3) is 0 Å². The molecule has 0 saturated heterocycles. The van der Waals surface area contributed by atoms with E-state index in [-0.39, 0.29) is 10.6 Å². The van der Waals surface area contributed by atoms with Crippen LogP contribution in [0.4, 0.5) is 17.1 Å². The van der Waals surface area contributed by atoms with E-state index in [1.54, 1.807) is 32.0 Å². The van der Waals surface area contributed by atoms with Crippen molar-refractivity contribution < 1.29 is 10.0 Å². The third-order valence-electron chi connectivity index (χ3n) is 3.06. The van der Waals surface area contributed by atoms with Crippen molar-refractivity contribution in [1.29, 1.82) is 0 Å². The van der Waals surface area contributed by atoms with Gasteiger partial charge in [-0.25, -0.2) is 0 Å².